The van der Waals surface area contributed by atoms with E-state index in [1.54, 1.807) is 0 Å². The van der Waals surface area contributed by atoms with E-state index in [4.69, 9.17) is 0 Å². The highest BCUT2D eigenvalue weighted by Crippen LogP contribution is 2.47. The van der Waals surface area contributed by atoms with Crippen molar-refractivity contribution in [3.05, 3.63) is 0 Å². The number of hydrogen-bond donors (Lipinski definition) is 1. The van der Waals surface area contributed by atoms with Gasteiger partial charge in [0.1, 0.15) is 0 Å². The summed E-state index contributed by atoms with van der Waals surface area (Å²) in [6.07, 6.45) is 7.26. The van der Waals surface area contributed by atoms with Crippen LogP contribution in [0.15, 0.2) is 0 Å². The van der Waals surface area contributed by atoms with Crippen LogP contribution in [0.25, 0.3) is 0 Å². The van der Waals surface area contributed by atoms with Gasteiger partial charge in [-0.3, -0.25) is 0 Å². The van der Waals surface area contributed by atoms with Gasteiger partial charge in [-0.2, -0.15) is 0 Å². The summed E-state index contributed by atoms with van der Waals surface area (Å²) in [4.78, 5) is 0. The van der Waals surface area contributed by atoms with Gasteiger partial charge in [0.15, 0.2) is 0 Å². The Morgan fingerprint density at radius 1 is 1.50 bits per heavy atom. The van der Waals surface area contributed by atoms with Crippen LogP contribution in [0.4, 0.5) is 0 Å². The zero-order valence-corrected chi connectivity index (χ0v) is 6.82. The van der Waals surface area contributed by atoms with Crippen LogP contribution < -0.4 is 5.32 Å². The van der Waals surface area contributed by atoms with E-state index in [-0.39, 0.29) is 0 Å². The Morgan fingerprint density at radius 3 is 2.60 bits per heavy atom. The predicted molar refractivity (Wildman–Crippen MR) is 43.0 cm³/mol. The predicted octanol–water partition coefficient (Wildman–Crippen LogP) is 1.93. The van der Waals surface area contributed by atoms with Crippen LogP contribution in [-0.2, 0) is 0 Å². The van der Waals surface area contributed by atoms with Crippen molar-refractivity contribution in [3.63, 3.8) is 0 Å². The standard InChI is InChI=1S/C9H17N/c1-2-8-6-9(7-10-8)4-3-5-9/h8,10H,2-7H2,1H3. The lowest BCUT2D eigenvalue weighted by Crippen LogP contribution is -2.31. The first-order chi connectivity index (χ1) is 4.85. The molecule has 0 radical (unpaired) electrons. The number of rotatable bonds is 1. The molecule has 0 aromatic rings. The second-order valence-electron chi connectivity index (χ2n) is 4.04. The Labute approximate surface area is 63.2 Å². The quantitative estimate of drug-likeness (QED) is 0.585. The van der Waals surface area contributed by atoms with E-state index in [0.29, 0.717) is 0 Å². The van der Waals surface area contributed by atoms with Crippen LogP contribution in [0.3, 0.4) is 0 Å². The van der Waals surface area contributed by atoms with Crippen molar-refractivity contribution in [1.29, 1.82) is 0 Å². The molecule has 0 aromatic carbocycles. The van der Waals surface area contributed by atoms with Crippen LogP contribution >= 0.6 is 0 Å². The topological polar surface area (TPSA) is 12.0 Å². The van der Waals surface area contributed by atoms with Crippen molar-refractivity contribution in [1.82, 2.24) is 5.32 Å². The van der Waals surface area contributed by atoms with Gasteiger partial charge in [0, 0.05) is 12.6 Å². The molecular formula is C9H17N. The van der Waals surface area contributed by atoms with E-state index in [9.17, 15) is 0 Å². The molecular weight excluding hydrogens is 122 g/mol. The van der Waals surface area contributed by atoms with Crippen molar-refractivity contribution >= 4 is 0 Å². The Bertz CT molecular complexity index is 127. The largest absolute Gasteiger partial charge is 0.313 e. The molecule has 2 aliphatic rings. The fourth-order valence-electron chi connectivity index (χ4n) is 2.37. The van der Waals surface area contributed by atoms with E-state index in [1.165, 1.54) is 38.6 Å². The maximum absolute atomic E-state index is 3.60. The highest BCUT2D eigenvalue weighted by Gasteiger charge is 2.42. The minimum Gasteiger partial charge on any atom is -0.313 e. The second kappa shape index (κ2) is 2.23. The van der Waals surface area contributed by atoms with Crippen LogP contribution in [-0.4, -0.2) is 12.6 Å². The Hall–Kier alpha value is -0.0400. The SMILES string of the molecule is CCC1CC2(CCC2)CN1. The van der Waals surface area contributed by atoms with Crippen molar-refractivity contribution in [3.8, 4) is 0 Å². The monoisotopic (exact) mass is 139 g/mol. The molecule has 0 amide bonds. The molecule has 0 aromatic heterocycles. The molecule has 1 aliphatic carbocycles. The van der Waals surface area contributed by atoms with Gasteiger partial charge in [0.05, 0.1) is 0 Å². The molecule has 1 unspecified atom stereocenters. The maximum atomic E-state index is 3.60. The third kappa shape index (κ3) is 0.878. The summed E-state index contributed by atoms with van der Waals surface area (Å²) in [6.45, 7) is 3.60. The minimum atomic E-state index is 0.778. The van der Waals surface area contributed by atoms with Crippen LogP contribution in [0.5, 0.6) is 0 Å². The Morgan fingerprint density at radius 2 is 2.30 bits per heavy atom. The smallest absolute Gasteiger partial charge is 0.00704 e. The third-order valence-corrected chi connectivity index (χ3v) is 3.35. The first-order valence-corrected chi connectivity index (χ1v) is 4.58. The molecule has 2 fully saturated rings. The summed E-state index contributed by atoms with van der Waals surface area (Å²) < 4.78 is 0. The first-order valence-electron chi connectivity index (χ1n) is 4.58. The van der Waals surface area contributed by atoms with E-state index >= 15 is 0 Å². The van der Waals surface area contributed by atoms with Gasteiger partial charge in [-0.25, -0.2) is 0 Å². The van der Waals surface area contributed by atoms with Crippen LogP contribution in [0.2, 0.25) is 0 Å². The maximum Gasteiger partial charge on any atom is 0.00704 e. The number of hydrogen-bond acceptors (Lipinski definition) is 1. The molecule has 1 saturated heterocycles. The zero-order chi connectivity index (χ0) is 7.03. The molecule has 10 heavy (non-hydrogen) atoms. The van der Waals surface area contributed by atoms with Gasteiger partial charge in [-0.1, -0.05) is 13.3 Å². The van der Waals surface area contributed by atoms with Gasteiger partial charge in [0.2, 0.25) is 0 Å². The Kier molecular flexibility index (Phi) is 1.48. The van der Waals surface area contributed by atoms with Crippen molar-refractivity contribution in [2.75, 3.05) is 6.54 Å². The van der Waals surface area contributed by atoms with Gasteiger partial charge in [-0.05, 0) is 31.1 Å². The van der Waals surface area contributed by atoms with Crippen molar-refractivity contribution < 1.29 is 0 Å². The molecule has 1 heteroatoms. The highest BCUT2D eigenvalue weighted by molar-refractivity contribution is 4.98. The normalized spacial score (nSPS) is 36.3. The lowest BCUT2D eigenvalue weighted by Gasteiger charge is -2.37. The fraction of sp³-hybridized carbons (Fsp3) is 1.00. The summed E-state index contributed by atoms with van der Waals surface area (Å²) in [7, 11) is 0. The summed E-state index contributed by atoms with van der Waals surface area (Å²) >= 11 is 0. The van der Waals surface area contributed by atoms with Crippen molar-refractivity contribution in [2.24, 2.45) is 5.41 Å². The molecule has 0 bridgehead atoms. The average Bonchev–Trinajstić information content (AvgIpc) is 2.29. The lowest BCUT2D eigenvalue weighted by molar-refractivity contribution is 0.158. The van der Waals surface area contributed by atoms with Gasteiger partial charge < -0.3 is 5.32 Å². The summed E-state index contributed by atoms with van der Waals surface area (Å²) in [6, 6.07) is 0.847. The molecule has 1 N–H and O–H groups in total. The third-order valence-electron chi connectivity index (χ3n) is 3.35. The van der Waals surface area contributed by atoms with Crippen LogP contribution in [0.1, 0.15) is 39.0 Å². The molecule has 1 nitrogen and oxygen atoms in total. The molecule has 58 valence electrons. The van der Waals surface area contributed by atoms with E-state index in [0.717, 1.165) is 11.5 Å². The Balaban J connectivity index is 1.92. The lowest BCUT2D eigenvalue weighted by atomic mass is 9.67. The van der Waals surface area contributed by atoms with E-state index in [2.05, 4.69) is 12.2 Å². The number of nitrogens with one attached hydrogen (secondary N) is 1. The average molecular weight is 139 g/mol. The fourth-order valence-corrected chi connectivity index (χ4v) is 2.37. The zero-order valence-electron chi connectivity index (χ0n) is 6.82. The summed E-state index contributed by atoms with van der Waals surface area (Å²) in [5, 5.41) is 3.60. The molecule has 1 atom stereocenters. The molecule has 2 rings (SSSR count). The summed E-state index contributed by atoms with van der Waals surface area (Å²) in [5.41, 5.74) is 0.778. The molecule has 1 spiro atoms. The van der Waals surface area contributed by atoms with Crippen LogP contribution in [0, 0.1) is 5.41 Å². The second-order valence-corrected chi connectivity index (χ2v) is 4.04. The minimum absolute atomic E-state index is 0.778. The van der Waals surface area contributed by atoms with E-state index < -0.39 is 0 Å². The molecule has 1 aliphatic heterocycles. The van der Waals surface area contributed by atoms with E-state index in [1.807, 2.05) is 0 Å². The van der Waals surface area contributed by atoms with Gasteiger partial charge in [0.25, 0.3) is 0 Å². The van der Waals surface area contributed by atoms with Crippen molar-refractivity contribution in [2.45, 2.75) is 45.1 Å². The van der Waals surface area contributed by atoms with Gasteiger partial charge in [-0.15, -0.1) is 0 Å². The van der Waals surface area contributed by atoms with Gasteiger partial charge >= 0.3 is 0 Å². The molecule has 1 saturated carbocycles. The highest BCUT2D eigenvalue weighted by atomic mass is 15.0. The molecule has 1 heterocycles. The first kappa shape index (κ1) is 6.66. The summed E-state index contributed by atoms with van der Waals surface area (Å²) in [5.74, 6) is 0.